The van der Waals surface area contributed by atoms with Crippen LogP contribution in [-0.2, 0) is 0 Å². The highest BCUT2D eigenvalue weighted by molar-refractivity contribution is 7.99. The van der Waals surface area contributed by atoms with E-state index in [0.717, 1.165) is 19.5 Å². The summed E-state index contributed by atoms with van der Waals surface area (Å²) in [5, 5.41) is 3.71. The molecule has 2 aromatic carbocycles. The number of rotatable bonds is 7. The van der Waals surface area contributed by atoms with Crippen molar-refractivity contribution in [1.29, 1.82) is 0 Å². The van der Waals surface area contributed by atoms with Gasteiger partial charge in [0.05, 0.1) is 11.4 Å². The van der Waals surface area contributed by atoms with Crippen LogP contribution in [0.25, 0.3) is 0 Å². The maximum Gasteiger partial charge on any atom is 0.0552 e. The number of hydrogen-bond donors (Lipinski definition) is 1. The predicted molar refractivity (Wildman–Crippen MR) is 135 cm³/mol. The minimum absolute atomic E-state index is 0.363. The lowest BCUT2D eigenvalue weighted by atomic mass is 9.68. The summed E-state index contributed by atoms with van der Waals surface area (Å²) in [6.07, 6.45) is 10.8. The van der Waals surface area contributed by atoms with E-state index < -0.39 is 0 Å². The zero-order chi connectivity index (χ0) is 21.8. The first-order valence-corrected chi connectivity index (χ1v) is 12.5. The van der Waals surface area contributed by atoms with Crippen molar-refractivity contribution in [3.05, 3.63) is 72.3 Å². The third kappa shape index (κ3) is 5.10. The van der Waals surface area contributed by atoms with Gasteiger partial charge in [-0.3, -0.25) is 0 Å². The second-order valence-electron chi connectivity index (χ2n) is 9.62. The lowest BCUT2D eigenvalue weighted by Gasteiger charge is -2.37. The van der Waals surface area contributed by atoms with Gasteiger partial charge in [0.2, 0.25) is 0 Å². The minimum Gasteiger partial charge on any atom is -0.340 e. The molecule has 0 radical (unpaired) electrons. The molecule has 4 rings (SSSR count). The fraction of sp³-hybridized carbons (Fsp3) is 0.429. The van der Waals surface area contributed by atoms with Crippen LogP contribution >= 0.6 is 11.8 Å². The van der Waals surface area contributed by atoms with Gasteiger partial charge in [0.1, 0.15) is 0 Å². The zero-order valence-electron chi connectivity index (χ0n) is 19.4. The second-order valence-corrected chi connectivity index (χ2v) is 10.7. The number of anilines is 2. The molecule has 0 aromatic heterocycles. The number of benzene rings is 2. The molecule has 0 saturated carbocycles. The summed E-state index contributed by atoms with van der Waals surface area (Å²) in [4.78, 5) is 5.19. The monoisotopic (exact) mass is 432 g/mol. The van der Waals surface area contributed by atoms with E-state index in [1.807, 2.05) is 11.8 Å². The van der Waals surface area contributed by atoms with Crippen LogP contribution in [0.3, 0.4) is 0 Å². The molecule has 0 saturated heterocycles. The minimum atomic E-state index is 0.363. The van der Waals surface area contributed by atoms with Crippen LogP contribution in [0.2, 0.25) is 0 Å². The lowest BCUT2D eigenvalue weighted by Crippen LogP contribution is -2.30. The number of para-hydroxylation sites is 2. The molecular weight excluding hydrogens is 396 g/mol. The SMILES string of the molecule is CC1=CCCC(C)(C)C1C=CC(C)NCCCN1c2ccccc2Sc2ccccc21. The molecule has 0 fully saturated rings. The highest BCUT2D eigenvalue weighted by Crippen LogP contribution is 2.47. The third-order valence-electron chi connectivity index (χ3n) is 6.74. The molecule has 164 valence electrons. The van der Waals surface area contributed by atoms with Crippen molar-refractivity contribution >= 4 is 23.1 Å². The van der Waals surface area contributed by atoms with Crippen molar-refractivity contribution in [2.75, 3.05) is 18.0 Å². The van der Waals surface area contributed by atoms with E-state index in [2.05, 4.69) is 105 Å². The van der Waals surface area contributed by atoms with Crippen LogP contribution < -0.4 is 10.2 Å². The van der Waals surface area contributed by atoms with Crippen LogP contribution in [0.4, 0.5) is 11.4 Å². The number of nitrogens with one attached hydrogen (secondary N) is 1. The van der Waals surface area contributed by atoms with Gasteiger partial charge in [-0.1, -0.05) is 73.7 Å². The van der Waals surface area contributed by atoms with Gasteiger partial charge >= 0.3 is 0 Å². The summed E-state index contributed by atoms with van der Waals surface area (Å²) in [6.45, 7) is 11.4. The number of hydrogen-bond acceptors (Lipinski definition) is 3. The van der Waals surface area contributed by atoms with E-state index in [1.165, 1.54) is 39.6 Å². The Morgan fingerprint density at radius 2 is 1.74 bits per heavy atom. The summed E-state index contributed by atoms with van der Waals surface area (Å²) < 4.78 is 0. The summed E-state index contributed by atoms with van der Waals surface area (Å²) in [5.41, 5.74) is 4.56. The Morgan fingerprint density at radius 1 is 1.10 bits per heavy atom. The van der Waals surface area contributed by atoms with Crippen molar-refractivity contribution in [3.63, 3.8) is 0 Å². The first kappa shape index (κ1) is 22.2. The average Bonchev–Trinajstić information content (AvgIpc) is 2.75. The Labute approximate surface area is 192 Å². The number of nitrogens with zero attached hydrogens (tertiary/aromatic N) is 1. The standard InChI is InChI=1S/C28H36N2S/c1-21-11-9-18-28(3,4)23(21)17-16-22(2)29-19-10-20-30-24-12-5-7-14-26(24)31-27-15-8-6-13-25(27)30/h5-8,11-17,22-23,29H,9-10,18-20H2,1-4H3. The van der Waals surface area contributed by atoms with Crippen molar-refractivity contribution in [2.45, 2.75) is 62.8 Å². The molecule has 2 nitrogen and oxygen atoms in total. The fourth-order valence-electron chi connectivity index (χ4n) is 4.92. The van der Waals surface area contributed by atoms with Gasteiger partial charge in [-0.2, -0.15) is 0 Å². The van der Waals surface area contributed by atoms with E-state index in [0.29, 0.717) is 17.4 Å². The molecule has 2 atom stereocenters. The van der Waals surface area contributed by atoms with Crippen LogP contribution in [-0.4, -0.2) is 19.1 Å². The van der Waals surface area contributed by atoms with Crippen LogP contribution in [0, 0.1) is 11.3 Å². The molecule has 2 aliphatic rings. The van der Waals surface area contributed by atoms with Gasteiger partial charge in [-0.15, -0.1) is 0 Å². The Kier molecular flexibility index (Phi) is 6.93. The molecule has 1 heterocycles. The van der Waals surface area contributed by atoms with Crippen LogP contribution in [0.1, 0.15) is 47.0 Å². The number of fused-ring (bicyclic) bond motifs is 2. The van der Waals surface area contributed by atoms with Gasteiger partial charge in [0.15, 0.2) is 0 Å². The van der Waals surface area contributed by atoms with Crippen molar-refractivity contribution in [2.24, 2.45) is 11.3 Å². The van der Waals surface area contributed by atoms with Gasteiger partial charge < -0.3 is 10.2 Å². The molecule has 1 N–H and O–H groups in total. The second kappa shape index (κ2) is 9.67. The van der Waals surface area contributed by atoms with E-state index in [4.69, 9.17) is 0 Å². The topological polar surface area (TPSA) is 15.3 Å². The van der Waals surface area contributed by atoms with Gasteiger partial charge in [0, 0.05) is 28.3 Å². The highest BCUT2D eigenvalue weighted by atomic mass is 32.2. The largest absolute Gasteiger partial charge is 0.340 e. The first-order valence-electron chi connectivity index (χ1n) is 11.7. The zero-order valence-corrected chi connectivity index (χ0v) is 20.2. The molecule has 0 amide bonds. The molecule has 1 aliphatic heterocycles. The lowest BCUT2D eigenvalue weighted by molar-refractivity contribution is 0.255. The van der Waals surface area contributed by atoms with Crippen LogP contribution in [0.5, 0.6) is 0 Å². The van der Waals surface area contributed by atoms with Crippen LogP contribution in [0.15, 0.2) is 82.1 Å². The van der Waals surface area contributed by atoms with Gasteiger partial charge in [0.25, 0.3) is 0 Å². The molecule has 1 aliphatic carbocycles. The molecule has 2 aromatic rings. The highest BCUT2D eigenvalue weighted by Gasteiger charge is 2.30. The Bertz CT molecular complexity index is 913. The van der Waals surface area contributed by atoms with E-state index in [1.54, 1.807) is 0 Å². The van der Waals surface area contributed by atoms with Gasteiger partial charge in [-0.25, -0.2) is 0 Å². The molecular formula is C28H36N2S. The van der Waals surface area contributed by atoms with Crippen molar-refractivity contribution in [1.82, 2.24) is 5.32 Å². The predicted octanol–water partition coefficient (Wildman–Crippen LogP) is 7.60. The summed E-state index contributed by atoms with van der Waals surface area (Å²) in [6, 6.07) is 17.9. The van der Waals surface area contributed by atoms with E-state index in [-0.39, 0.29) is 0 Å². The summed E-state index contributed by atoms with van der Waals surface area (Å²) in [7, 11) is 0. The Hall–Kier alpha value is -1.97. The molecule has 0 spiro atoms. The average molecular weight is 433 g/mol. The smallest absolute Gasteiger partial charge is 0.0552 e. The van der Waals surface area contributed by atoms with Crippen molar-refractivity contribution < 1.29 is 0 Å². The molecule has 0 bridgehead atoms. The van der Waals surface area contributed by atoms with Crippen molar-refractivity contribution in [3.8, 4) is 0 Å². The number of allylic oxidation sites excluding steroid dienone is 3. The quantitative estimate of drug-likeness (QED) is 0.358. The van der Waals surface area contributed by atoms with E-state index in [9.17, 15) is 0 Å². The Morgan fingerprint density at radius 3 is 2.39 bits per heavy atom. The fourth-order valence-corrected chi connectivity index (χ4v) is 6.01. The normalized spacial score (nSPS) is 20.8. The third-order valence-corrected chi connectivity index (χ3v) is 7.87. The van der Waals surface area contributed by atoms with E-state index >= 15 is 0 Å². The summed E-state index contributed by atoms with van der Waals surface area (Å²) >= 11 is 1.88. The maximum atomic E-state index is 3.71. The van der Waals surface area contributed by atoms with Gasteiger partial charge in [-0.05, 0) is 69.3 Å². The Balaban J connectivity index is 1.33. The first-order chi connectivity index (χ1) is 15.0. The molecule has 31 heavy (non-hydrogen) atoms. The maximum absolute atomic E-state index is 3.71. The molecule has 3 heteroatoms. The summed E-state index contributed by atoms with van der Waals surface area (Å²) in [5.74, 6) is 0.560. The molecule has 2 unspecified atom stereocenters.